The fourth-order valence-corrected chi connectivity index (χ4v) is 3.48. The lowest BCUT2D eigenvalue weighted by Gasteiger charge is -2.38. The minimum atomic E-state index is -0.425. The topological polar surface area (TPSA) is 50.8 Å². The van der Waals surface area contributed by atoms with Crippen LogP contribution in [0.15, 0.2) is 0 Å². The molecule has 0 aromatic heterocycles. The van der Waals surface area contributed by atoms with Gasteiger partial charge in [0.15, 0.2) is 5.79 Å². The fourth-order valence-electron chi connectivity index (χ4n) is 3.48. The van der Waals surface area contributed by atoms with Crippen molar-refractivity contribution in [3.63, 3.8) is 0 Å². The van der Waals surface area contributed by atoms with E-state index in [9.17, 15) is 4.79 Å². The molecule has 0 radical (unpaired) electrons. The summed E-state index contributed by atoms with van der Waals surface area (Å²) in [6, 6.07) is 0.408. The van der Waals surface area contributed by atoms with Gasteiger partial charge >= 0.3 is 0 Å². The molecule has 0 bridgehead atoms. The number of nitrogens with one attached hydrogen (secondary N) is 1. The van der Waals surface area contributed by atoms with Crippen LogP contribution in [-0.4, -0.2) is 55.5 Å². The lowest BCUT2D eigenvalue weighted by atomic mass is 10.0. The summed E-state index contributed by atoms with van der Waals surface area (Å²) in [6.07, 6.45) is 6.77. The molecule has 5 nitrogen and oxygen atoms in total. The molecule has 3 aliphatic rings. The van der Waals surface area contributed by atoms with E-state index in [-0.39, 0.29) is 5.91 Å². The molecule has 19 heavy (non-hydrogen) atoms. The van der Waals surface area contributed by atoms with Crippen LogP contribution in [-0.2, 0) is 14.3 Å². The van der Waals surface area contributed by atoms with Crippen molar-refractivity contribution >= 4 is 5.91 Å². The number of carbonyl (C=O) groups excluding carboxylic acids is 1. The lowest BCUT2D eigenvalue weighted by Crippen LogP contribution is -2.52. The Morgan fingerprint density at radius 2 is 1.95 bits per heavy atom. The summed E-state index contributed by atoms with van der Waals surface area (Å²) in [5, 5.41) is 3.14. The molecule has 1 N–H and O–H groups in total. The molecule has 1 spiro atoms. The maximum atomic E-state index is 12.0. The van der Waals surface area contributed by atoms with Gasteiger partial charge < -0.3 is 14.8 Å². The average molecular weight is 268 g/mol. The molecule has 3 rings (SSSR count). The summed E-state index contributed by atoms with van der Waals surface area (Å²) in [5.74, 6) is -0.270. The average Bonchev–Trinajstić information content (AvgIpc) is 3.02. The molecule has 1 saturated carbocycles. The van der Waals surface area contributed by atoms with Gasteiger partial charge in [-0.2, -0.15) is 0 Å². The zero-order valence-corrected chi connectivity index (χ0v) is 11.5. The predicted molar refractivity (Wildman–Crippen MR) is 70.7 cm³/mol. The third kappa shape index (κ3) is 3.27. The van der Waals surface area contributed by atoms with Crippen LogP contribution in [0.5, 0.6) is 0 Å². The first-order valence-corrected chi connectivity index (χ1v) is 7.55. The van der Waals surface area contributed by atoms with Crippen molar-refractivity contribution in [3.8, 4) is 0 Å². The lowest BCUT2D eigenvalue weighted by molar-refractivity contribution is -0.189. The number of ether oxygens (including phenoxy) is 2. The van der Waals surface area contributed by atoms with E-state index in [0.717, 1.165) is 38.8 Å². The highest BCUT2D eigenvalue weighted by atomic mass is 16.7. The van der Waals surface area contributed by atoms with Crippen LogP contribution < -0.4 is 5.32 Å². The molecule has 1 aliphatic carbocycles. The SMILES string of the molecule is O=C(CN1CCCC2(C1)OCCO2)NC1CCCC1. The fraction of sp³-hybridized carbons (Fsp3) is 0.929. The van der Waals surface area contributed by atoms with Crippen LogP contribution in [0.3, 0.4) is 0 Å². The van der Waals surface area contributed by atoms with Crippen LogP contribution in [0.2, 0.25) is 0 Å². The van der Waals surface area contributed by atoms with Crippen molar-refractivity contribution in [3.05, 3.63) is 0 Å². The Morgan fingerprint density at radius 3 is 2.68 bits per heavy atom. The standard InChI is InChI=1S/C14H24N2O3/c17-13(15-12-4-1-2-5-12)10-16-7-3-6-14(11-16)18-8-9-19-14/h12H,1-11H2,(H,15,17). The van der Waals surface area contributed by atoms with E-state index in [4.69, 9.17) is 9.47 Å². The number of hydrogen-bond donors (Lipinski definition) is 1. The van der Waals surface area contributed by atoms with Crippen LogP contribution >= 0.6 is 0 Å². The third-order valence-electron chi connectivity index (χ3n) is 4.40. The highest BCUT2D eigenvalue weighted by molar-refractivity contribution is 5.78. The second-order valence-electron chi connectivity index (χ2n) is 5.97. The molecule has 2 heterocycles. The normalized spacial score (nSPS) is 28.0. The van der Waals surface area contributed by atoms with Gasteiger partial charge in [0.05, 0.1) is 26.3 Å². The molecular weight excluding hydrogens is 244 g/mol. The van der Waals surface area contributed by atoms with Gasteiger partial charge in [-0.3, -0.25) is 9.69 Å². The van der Waals surface area contributed by atoms with Gasteiger partial charge in [-0.15, -0.1) is 0 Å². The molecular formula is C14H24N2O3. The summed E-state index contributed by atoms with van der Waals surface area (Å²) in [4.78, 5) is 14.2. The highest BCUT2D eigenvalue weighted by Gasteiger charge is 2.41. The van der Waals surface area contributed by atoms with E-state index < -0.39 is 5.79 Å². The largest absolute Gasteiger partial charge is 0.352 e. The Bertz CT molecular complexity index is 323. The molecule has 5 heteroatoms. The Balaban J connectivity index is 1.47. The van der Waals surface area contributed by atoms with Crippen molar-refractivity contribution in [2.24, 2.45) is 0 Å². The molecule has 2 aliphatic heterocycles. The minimum absolute atomic E-state index is 0.155. The maximum absolute atomic E-state index is 12.0. The molecule has 0 unspecified atom stereocenters. The first-order valence-electron chi connectivity index (χ1n) is 7.55. The number of piperidine rings is 1. The van der Waals surface area contributed by atoms with Gasteiger partial charge in [0.25, 0.3) is 0 Å². The van der Waals surface area contributed by atoms with Gasteiger partial charge in [0, 0.05) is 12.5 Å². The first kappa shape index (κ1) is 13.3. The molecule has 0 atom stereocenters. The van der Waals surface area contributed by atoms with Gasteiger partial charge in [0.1, 0.15) is 0 Å². The van der Waals surface area contributed by atoms with Gasteiger partial charge in [0.2, 0.25) is 5.91 Å². The van der Waals surface area contributed by atoms with E-state index in [1.54, 1.807) is 0 Å². The molecule has 2 saturated heterocycles. The van der Waals surface area contributed by atoms with Crippen LogP contribution in [0.25, 0.3) is 0 Å². The number of hydrogen-bond acceptors (Lipinski definition) is 4. The van der Waals surface area contributed by atoms with Gasteiger partial charge in [-0.05, 0) is 25.8 Å². The molecule has 0 aromatic carbocycles. The quantitative estimate of drug-likeness (QED) is 0.825. The van der Waals surface area contributed by atoms with Crippen molar-refractivity contribution in [2.45, 2.75) is 50.4 Å². The van der Waals surface area contributed by atoms with Gasteiger partial charge in [-0.1, -0.05) is 12.8 Å². The Hall–Kier alpha value is -0.650. The van der Waals surface area contributed by atoms with Gasteiger partial charge in [-0.25, -0.2) is 0 Å². The third-order valence-corrected chi connectivity index (χ3v) is 4.40. The number of likely N-dealkylation sites (tertiary alicyclic amines) is 1. The summed E-state index contributed by atoms with van der Waals surface area (Å²) in [7, 11) is 0. The summed E-state index contributed by atoms with van der Waals surface area (Å²) < 4.78 is 11.5. The van der Waals surface area contributed by atoms with E-state index in [0.29, 0.717) is 25.8 Å². The Labute approximate surface area is 114 Å². The zero-order valence-electron chi connectivity index (χ0n) is 11.5. The van der Waals surface area contributed by atoms with Crippen molar-refractivity contribution in [1.29, 1.82) is 0 Å². The Kier molecular flexibility index (Phi) is 4.05. The number of rotatable bonds is 3. The molecule has 108 valence electrons. The smallest absolute Gasteiger partial charge is 0.234 e. The van der Waals surface area contributed by atoms with E-state index in [1.807, 2.05) is 0 Å². The molecule has 0 aromatic rings. The minimum Gasteiger partial charge on any atom is -0.352 e. The summed E-state index contributed by atoms with van der Waals surface area (Å²) in [6.45, 7) is 3.53. The zero-order chi connectivity index (χ0) is 13.1. The number of carbonyl (C=O) groups is 1. The second kappa shape index (κ2) is 5.77. The van der Waals surface area contributed by atoms with E-state index >= 15 is 0 Å². The second-order valence-corrected chi connectivity index (χ2v) is 5.97. The van der Waals surface area contributed by atoms with E-state index in [2.05, 4.69) is 10.2 Å². The van der Waals surface area contributed by atoms with Crippen LogP contribution in [0.4, 0.5) is 0 Å². The van der Waals surface area contributed by atoms with Crippen LogP contribution in [0.1, 0.15) is 38.5 Å². The van der Waals surface area contributed by atoms with Crippen molar-refractivity contribution in [2.75, 3.05) is 32.8 Å². The molecule has 1 amide bonds. The summed E-state index contributed by atoms with van der Waals surface area (Å²) in [5.41, 5.74) is 0. The molecule has 3 fully saturated rings. The number of nitrogens with zero attached hydrogens (tertiary/aromatic N) is 1. The van der Waals surface area contributed by atoms with Crippen LogP contribution in [0, 0.1) is 0 Å². The van der Waals surface area contributed by atoms with Crippen molar-refractivity contribution in [1.82, 2.24) is 10.2 Å². The predicted octanol–water partition coefficient (Wildman–Crippen LogP) is 0.884. The first-order chi connectivity index (χ1) is 9.26. The monoisotopic (exact) mass is 268 g/mol. The Morgan fingerprint density at radius 1 is 1.21 bits per heavy atom. The van der Waals surface area contributed by atoms with Crippen molar-refractivity contribution < 1.29 is 14.3 Å². The summed E-state index contributed by atoms with van der Waals surface area (Å²) >= 11 is 0. The maximum Gasteiger partial charge on any atom is 0.234 e. The van der Waals surface area contributed by atoms with E-state index in [1.165, 1.54) is 12.8 Å². The highest BCUT2D eigenvalue weighted by Crippen LogP contribution is 2.29. The number of amides is 1.